The van der Waals surface area contributed by atoms with Gasteiger partial charge in [0, 0.05) is 0 Å². The Labute approximate surface area is 71.2 Å². The molecule has 12 heavy (non-hydrogen) atoms. The zero-order valence-corrected chi connectivity index (χ0v) is 6.95. The molecule has 1 radical (unpaired) electrons. The van der Waals surface area contributed by atoms with Gasteiger partial charge in [0.25, 0.3) is 0 Å². The van der Waals surface area contributed by atoms with Crippen LogP contribution < -0.4 is 0 Å². The molecule has 0 aliphatic heterocycles. The number of benzene rings is 1. The molecule has 0 atom stereocenters. The van der Waals surface area contributed by atoms with Crippen molar-refractivity contribution in [2.24, 2.45) is 0 Å². The smallest absolute Gasteiger partial charge is 0.181 e. The lowest BCUT2D eigenvalue weighted by Crippen LogP contribution is -1.78. The largest absolute Gasteiger partial charge is 0.443 e. The van der Waals surface area contributed by atoms with Gasteiger partial charge in [-0.1, -0.05) is 13.0 Å². The maximum absolute atomic E-state index is 5.17. The van der Waals surface area contributed by atoms with Crippen molar-refractivity contribution in [1.82, 2.24) is 4.98 Å². The zero-order chi connectivity index (χ0) is 8.39. The summed E-state index contributed by atoms with van der Waals surface area (Å²) < 4.78 is 5.17. The van der Waals surface area contributed by atoms with E-state index in [2.05, 4.69) is 18.3 Å². The van der Waals surface area contributed by atoms with Gasteiger partial charge in [-0.25, -0.2) is 4.98 Å². The second-order valence-corrected chi connectivity index (χ2v) is 2.69. The summed E-state index contributed by atoms with van der Waals surface area (Å²) in [5.41, 5.74) is 2.97. The van der Waals surface area contributed by atoms with Gasteiger partial charge in [0.05, 0.1) is 0 Å². The first-order chi connectivity index (χ1) is 5.90. The summed E-state index contributed by atoms with van der Waals surface area (Å²) in [6.45, 7) is 2.12. The third-order valence-electron chi connectivity index (χ3n) is 1.80. The molecule has 1 heterocycles. The summed E-state index contributed by atoms with van der Waals surface area (Å²) in [7, 11) is 0. The molecule has 2 rings (SSSR count). The highest BCUT2D eigenvalue weighted by molar-refractivity contribution is 5.73. The van der Waals surface area contributed by atoms with Crippen LogP contribution >= 0.6 is 0 Å². The van der Waals surface area contributed by atoms with Gasteiger partial charge in [0.1, 0.15) is 5.52 Å². The van der Waals surface area contributed by atoms with E-state index in [0.717, 1.165) is 17.5 Å². The molecule has 0 spiro atoms. The summed E-state index contributed by atoms with van der Waals surface area (Å²) in [5, 5.41) is 0. The Kier molecular flexibility index (Phi) is 1.82. The van der Waals surface area contributed by atoms with Crippen LogP contribution in [0.5, 0.6) is 0 Å². The fourth-order valence-corrected chi connectivity index (χ4v) is 1.23. The van der Waals surface area contributed by atoms with E-state index in [1.807, 2.05) is 18.2 Å². The molecule has 0 saturated heterocycles. The van der Waals surface area contributed by atoms with Gasteiger partial charge in [0.2, 0.25) is 0 Å². The van der Waals surface area contributed by atoms with Crippen molar-refractivity contribution >= 4 is 11.1 Å². The summed E-state index contributed by atoms with van der Waals surface area (Å²) >= 11 is 0. The summed E-state index contributed by atoms with van der Waals surface area (Å²) in [5.74, 6) is 0. The van der Waals surface area contributed by atoms with Gasteiger partial charge >= 0.3 is 0 Å². The van der Waals surface area contributed by atoms with Gasteiger partial charge in [0.15, 0.2) is 12.0 Å². The summed E-state index contributed by atoms with van der Waals surface area (Å²) in [6.07, 6.45) is 4.67. The van der Waals surface area contributed by atoms with Crippen molar-refractivity contribution in [1.29, 1.82) is 0 Å². The molecule has 0 unspecified atom stereocenters. The molecule has 0 amide bonds. The third kappa shape index (κ3) is 1.20. The minimum absolute atomic E-state index is 0.859. The average Bonchev–Trinajstić information content (AvgIpc) is 2.51. The van der Waals surface area contributed by atoms with E-state index in [-0.39, 0.29) is 0 Å². The van der Waals surface area contributed by atoms with E-state index in [1.54, 1.807) is 0 Å². The Morgan fingerprint density at radius 2 is 2.42 bits per heavy atom. The first kappa shape index (κ1) is 7.35. The van der Waals surface area contributed by atoms with Gasteiger partial charge < -0.3 is 4.42 Å². The Hall–Kier alpha value is -1.31. The molecule has 2 aromatic rings. The molecule has 1 aromatic carbocycles. The van der Waals surface area contributed by atoms with Crippen molar-refractivity contribution in [3.8, 4) is 0 Å². The maximum Gasteiger partial charge on any atom is 0.181 e. The number of hydrogen-bond acceptors (Lipinski definition) is 2. The Morgan fingerprint density at radius 3 is 3.25 bits per heavy atom. The van der Waals surface area contributed by atoms with Crippen molar-refractivity contribution in [2.45, 2.75) is 13.3 Å². The molecule has 0 N–H and O–H groups in total. The highest BCUT2D eigenvalue weighted by Crippen LogP contribution is 2.15. The van der Waals surface area contributed by atoms with Gasteiger partial charge in [-0.05, 0) is 30.5 Å². The molecule has 2 nitrogen and oxygen atoms in total. The van der Waals surface area contributed by atoms with Crippen LogP contribution in [-0.2, 0) is 0 Å². The van der Waals surface area contributed by atoms with Crippen LogP contribution in [0.25, 0.3) is 11.1 Å². The highest BCUT2D eigenvalue weighted by atomic mass is 16.3. The second kappa shape index (κ2) is 2.97. The average molecular weight is 160 g/mol. The number of hydrogen-bond donors (Lipinski definition) is 0. The van der Waals surface area contributed by atoms with Crippen LogP contribution in [0.1, 0.15) is 18.9 Å². The number of nitrogens with zero attached hydrogens (tertiary/aromatic N) is 1. The summed E-state index contributed by atoms with van der Waals surface area (Å²) in [4.78, 5) is 4.04. The van der Waals surface area contributed by atoms with Gasteiger partial charge in [-0.3, -0.25) is 0 Å². The molecule has 0 aliphatic carbocycles. The zero-order valence-electron chi connectivity index (χ0n) is 6.95. The molecule has 2 heteroatoms. The number of fused-ring (bicyclic) bond motifs is 1. The highest BCUT2D eigenvalue weighted by Gasteiger charge is 1.98. The molecule has 0 aliphatic rings. The maximum atomic E-state index is 5.17. The van der Waals surface area contributed by atoms with Crippen molar-refractivity contribution in [3.63, 3.8) is 0 Å². The molecule has 0 bridgehead atoms. The molecular formula is C10H10NO. The van der Waals surface area contributed by atoms with E-state index in [1.165, 1.54) is 12.0 Å². The lowest BCUT2D eigenvalue weighted by molar-refractivity contribution is 0.602. The fraction of sp³-hybridized carbons (Fsp3) is 0.200. The minimum atomic E-state index is 0.859. The van der Waals surface area contributed by atoms with E-state index >= 15 is 0 Å². The second-order valence-electron chi connectivity index (χ2n) is 2.69. The predicted molar refractivity (Wildman–Crippen MR) is 47.7 cm³/mol. The Balaban J connectivity index is 2.46. The first-order valence-corrected chi connectivity index (χ1v) is 4.06. The molecule has 0 saturated carbocycles. The van der Waals surface area contributed by atoms with Crippen molar-refractivity contribution in [2.75, 3.05) is 0 Å². The number of aromatic nitrogens is 1. The lowest BCUT2D eigenvalue weighted by Gasteiger charge is -1.95. The summed E-state index contributed by atoms with van der Waals surface area (Å²) in [6, 6.07) is 6.03. The van der Waals surface area contributed by atoms with E-state index in [0.29, 0.717) is 0 Å². The lowest BCUT2D eigenvalue weighted by atomic mass is 10.1. The van der Waals surface area contributed by atoms with Crippen LogP contribution in [0, 0.1) is 6.42 Å². The quantitative estimate of drug-likeness (QED) is 0.675. The van der Waals surface area contributed by atoms with Crippen LogP contribution in [0.15, 0.2) is 29.0 Å². The minimum Gasteiger partial charge on any atom is -0.443 e. The predicted octanol–water partition coefficient (Wildman–Crippen LogP) is 2.79. The van der Waals surface area contributed by atoms with E-state index < -0.39 is 0 Å². The normalized spacial score (nSPS) is 10.8. The fourth-order valence-electron chi connectivity index (χ4n) is 1.23. The van der Waals surface area contributed by atoms with E-state index in [9.17, 15) is 0 Å². The van der Waals surface area contributed by atoms with Gasteiger partial charge in [-0.15, -0.1) is 0 Å². The Bertz CT molecular complexity index is 378. The van der Waals surface area contributed by atoms with Crippen LogP contribution in [0.3, 0.4) is 0 Å². The van der Waals surface area contributed by atoms with Crippen molar-refractivity contribution < 1.29 is 4.42 Å². The van der Waals surface area contributed by atoms with Crippen molar-refractivity contribution in [3.05, 3.63) is 36.6 Å². The van der Waals surface area contributed by atoms with Gasteiger partial charge in [-0.2, -0.15) is 0 Å². The van der Waals surface area contributed by atoms with E-state index in [4.69, 9.17) is 4.42 Å². The van der Waals surface area contributed by atoms with Crippen LogP contribution in [0.2, 0.25) is 0 Å². The molecule has 61 valence electrons. The standard InChI is InChI=1S/C10H10NO/c1-2-3-8-4-5-9-10(6-8)12-7-11-9/h3-7H,2H2,1H3. The van der Waals surface area contributed by atoms with Crippen LogP contribution in [-0.4, -0.2) is 4.98 Å². The monoisotopic (exact) mass is 160 g/mol. The first-order valence-electron chi connectivity index (χ1n) is 4.06. The molecule has 1 aromatic heterocycles. The van der Waals surface area contributed by atoms with Crippen LogP contribution in [0.4, 0.5) is 0 Å². The topological polar surface area (TPSA) is 26.0 Å². The number of rotatable bonds is 2. The third-order valence-corrected chi connectivity index (χ3v) is 1.80. The molecule has 0 fully saturated rings. The number of oxazole rings is 1. The Morgan fingerprint density at radius 1 is 1.50 bits per heavy atom. The SMILES string of the molecule is CC[CH]c1ccc2ncoc2c1. The molecular weight excluding hydrogens is 150 g/mol.